The first-order valence-corrected chi connectivity index (χ1v) is 9.91. The number of H-pyrrole nitrogens is 1. The summed E-state index contributed by atoms with van der Waals surface area (Å²) in [6.07, 6.45) is 1.66. The summed E-state index contributed by atoms with van der Waals surface area (Å²) in [4.78, 5) is 14.7. The lowest BCUT2D eigenvalue weighted by Crippen LogP contribution is -2.41. The Morgan fingerprint density at radius 1 is 1.10 bits per heavy atom. The van der Waals surface area contributed by atoms with Gasteiger partial charge in [-0.25, -0.2) is 0 Å². The van der Waals surface area contributed by atoms with Crippen LogP contribution in [0.2, 0.25) is 5.02 Å². The minimum absolute atomic E-state index is 0.0448. The molecule has 0 unspecified atom stereocenters. The van der Waals surface area contributed by atoms with E-state index in [4.69, 9.17) is 21.1 Å². The zero-order chi connectivity index (χ0) is 20.2. The van der Waals surface area contributed by atoms with E-state index in [1.54, 1.807) is 13.2 Å². The van der Waals surface area contributed by atoms with E-state index in [-0.39, 0.29) is 12.0 Å². The van der Waals surface area contributed by atoms with Crippen LogP contribution in [0.4, 0.5) is 0 Å². The standard InChI is InChI=1S/C22H22ClN3O3/c1-28-19-4-2-3-15(13-19)20-14-21(25-24-20)22(27)26-11-9-18(10-12-26)29-17-7-5-16(23)6-8-17/h2-8,13-14,18H,9-12H2,1H3,(H,24,25). The van der Waals surface area contributed by atoms with Crippen molar-refractivity contribution in [2.45, 2.75) is 18.9 Å². The average Bonchev–Trinajstić information content (AvgIpc) is 3.26. The lowest BCUT2D eigenvalue weighted by Gasteiger charge is -2.31. The molecule has 1 aliphatic heterocycles. The first-order chi connectivity index (χ1) is 14.1. The smallest absolute Gasteiger partial charge is 0.271 e. The topological polar surface area (TPSA) is 67.4 Å². The first-order valence-electron chi connectivity index (χ1n) is 9.54. The largest absolute Gasteiger partial charge is 0.497 e. The number of aromatic amines is 1. The molecular formula is C22H22ClN3O3. The van der Waals surface area contributed by atoms with E-state index < -0.39 is 0 Å². The highest BCUT2D eigenvalue weighted by Gasteiger charge is 2.26. The Balaban J connectivity index is 1.36. The van der Waals surface area contributed by atoms with Gasteiger partial charge < -0.3 is 14.4 Å². The molecule has 29 heavy (non-hydrogen) atoms. The molecule has 1 saturated heterocycles. The third kappa shape index (κ3) is 4.54. The molecule has 4 rings (SSSR count). The molecule has 1 aromatic heterocycles. The van der Waals surface area contributed by atoms with Crippen molar-refractivity contribution in [2.75, 3.05) is 20.2 Å². The Bertz CT molecular complexity index is 979. The van der Waals surface area contributed by atoms with Crippen molar-refractivity contribution in [3.8, 4) is 22.8 Å². The minimum Gasteiger partial charge on any atom is -0.497 e. The molecule has 0 radical (unpaired) electrons. The number of benzene rings is 2. The highest BCUT2D eigenvalue weighted by Crippen LogP contribution is 2.24. The molecule has 0 atom stereocenters. The molecule has 0 aliphatic carbocycles. The van der Waals surface area contributed by atoms with Crippen molar-refractivity contribution in [1.29, 1.82) is 0 Å². The molecule has 0 bridgehead atoms. The molecule has 2 heterocycles. The summed E-state index contributed by atoms with van der Waals surface area (Å²) in [5, 5.41) is 7.85. The van der Waals surface area contributed by atoms with Crippen LogP contribution < -0.4 is 9.47 Å². The van der Waals surface area contributed by atoms with Crippen molar-refractivity contribution < 1.29 is 14.3 Å². The Labute approximate surface area is 174 Å². The van der Waals surface area contributed by atoms with Gasteiger partial charge >= 0.3 is 0 Å². The van der Waals surface area contributed by atoms with Crippen LogP contribution in [-0.4, -0.2) is 47.3 Å². The average molecular weight is 412 g/mol. The molecule has 6 nitrogen and oxygen atoms in total. The summed E-state index contributed by atoms with van der Waals surface area (Å²) in [6.45, 7) is 1.29. The van der Waals surface area contributed by atoms with E-state index >= 15 is 0 Å². The van der Waals surface area contributed by atoms with Crippen molar-refractivity contribution in [1.82, 2.24) is 15.1 Å². The number of aromatic nitrogens is 2. The zero-order valence-electron chi connectivity index (χ0n) is 16.1. The highest BCUT2D eigenvalue weighted by atomic mass is 35.5. The maximum Gasteiger partial charge on any atom is 0.271 e. The second-order valence-electron chi connectivity index (χ2n) is 6.96. The van der Waals surface area contributed by atoms with Crippen LogP contribution in [0.1, 0.15) is 23.3 Å². The van der Waals surface area contributed by atoms with Gasteiger partial charge in [0.15, 0.2) is 0 Å². The maximum absolute atomic E-state index is 12.8. The maximum atomic E-state index is 12.8. The molecule has 150 valence electrons. The van der Waals surface area contributed by atoms with E-state index in [1.807, 2.05) is 53.4 Å². The molecule has 1 N–H and O–H groups in total. The normalized spacial score (nSPS) is 14.6. The molecule has 7 heteroatoms. The molecule has 1 aliphatic rings. The molecular weight excluding hydrogens is 390 g/mol. The fourth-order valence-electron chi connectivity index (χ4n) is 3.41. The van der Waals surface area contributed by atoms with Gasteiger partial charge in [-0.3, -0.25) is 9.89 Å². The molecule has 0 saturated carbocycles. The van der Waals surface area contributed by atoms with Gasteiger partial charge in [-0.1, -0.05) is 23.7 Å². The number of hydrogen-bond acceptors (Lipinski definition) is 4. The second kappa shape index (κ2) is 8.57. The van der Waals surface area contributed by atoms with E-state index in [0.29, 0.717) is 29.5 Å². The fourth-order valence-corrected chi connectivity index (χ4v) is 3.54. The number of amides is 1. The number of nitrogens with one attached hydrogen (secondary N) is 1. The number of hydrogen-bond donors (Lipinski definition) is 1. The monoisotopic (exact) mass is 411 g/mol. The number of rotatable bonds is 5. The number of carbonyl (C=O) groups is 1. The van der Waals surface area contributed by atoms with Gasteiger partial charge in [0, 0.05) is 36.5 Å². The predicted octanol–water partition coefficient (Wildman–Crippen LogP) is 4.42. The molecule has 1 fully saturated rings. The quantitative estimate of drug-likeness (QED) is 0.674. The Morgan fingerprint density at radius 3 is 2.59 bits per heavy atom. The fraction of sp³-hybridized carbons (Fsp3) is 0.273. The van der Waals surface area contributed by atoms with Crippen LogP contribution in [0.3, 0.4) is 0 Å². The van der Waals surface area contributed by atoms with Crippen LogP contribution in [0.5, 0.6) is 11.5 Å². The number of piperidine rings is 1. The highest BCUT2D eigenvalue weighted by molar-refractivity contribution is 6.30. The summed E-state index contributed by atoms with van der Waals surface area (Å²) in [6, 6.07) is 16.7. The summed E-state index contributed by atoms with van der Waals surface area (Å²) in [5.74, 6) is 1.51. The van der Waals surface area contributed by atoms with Crippen molar-refractivity contribution in [2.24, 2.45) is 0 Å². The molecule has 3 aromatic rings. The Hall–Kier alpha value is -2.99. The lowest BCUT2D eigenvalue weighted by molar-refractivity contribution is 0.0590. The van der Waals surface area contributed by atoms with Crippen LogP contribution in [-0.2, 0) is 0 Å². The second-order valence-corrected chi connectivity index (χ2v) is 7.40. The number of ether oxygens (including phenoxy) is 2. The Kier molecular flexibility index (Phi) is 5.71. The van der Waals surface area contributed by atoms with Crippen molar-refractivity contribution in [3.05, 3.63) is 65.3 Å². The van der Waals surface area contributed by atoms with E-state index in [0.717, 1.165) is 29.9 Å². The number of nitrogens with zero attached hydrogens (tertiary/aromatic N) is 2. The molecule has 0 spiro atoms. The van der Waals surface area contributed by atoms with Gasteiger partial charge in [0.05, 0.1) is 12.8 Å². The van der Waals surface area contributed by atoms with Gasteiger partial charge in [0.2, 0.25) is 0 Å². The third-order valence-electron chi connectivity index (χ3n) is 5.02. The van der Waals surface area contributed by atoms with Crippen LogP contribution in [0.15, 0.2) is 54.6 Å². The van der Waals surface area contributed by atoms with E-state index in [2.05, 4.69) is 10.2 Å². The third-order valence-corrected chi connectivity index (χ3v) is 5.27. The van der Waals surface area contributed by atoms with Crippen molar-refractivity contribution in [3.63, 3.8) is 0 Å². The van der Waals surface area contributed by atoms with E-state index in [9.17, 15) is 4.79 Å². The van der Waals surface area contributed by atoms with Crippen LogP contribution >= 0.6 is 11.6 Å². The van der Waals surface area contributed by atoms with Gasteiger partial charge in [-0.2, -0.15) is 5.10 Å². The summed E-state index contributed by atoms with van der Waals surface area (Å²) >= 11 is 5.91. The number of halogens is 1. The summed E-state index contributed by atoms with van der Waals surface area (Å²) in [7, 11) is 1.62. The van der Waals surface area contributed by atoms with Gasteiger partial charge in [-0.05, 0) is 42.5 Å². The zero-order valence-corrected chi connectivity index (χ0v) is 16.9. The van der Waals surface area contributed by atoms with Crippen LogP contribution in [0.25, 0.3) is 11.3 Å². The summed E-state index contributed by atoms with van der Waals surface area (Å²) in [5.41, 5.74) is 2.10. The first kappa shape index (κ1) is 19.3. The number of methoxy groups -OCH3 is 1. The van der Waals surface area contributed by atoms with E-state index in [1.165, 1.54) is 0 Å². The SMILES string of the molecule is COc1cccc(-c2cc(C(=O)N3CCC(Oc4ccc(Cl)cc4)CC3)[nH]n2)c1. The molecule has 1 amide bonds. The van der Waals surface area contributed by atoms with Crippen LogP contribution in [0, 0.1) is 0 Å². The minimum atomic E-state index is -0.0448. The van der Waals surface area contributed by atoms with Gasteiger partial charge in [0.1, 0.15) is 23.3 Å². The van der Waals surface area contributed by atoms with Crippen molar-refractivity contribution >= 4 is 17.5 Å². The number of likely N-dealkylation sites (tertiary alicyclic amines) is 1. The van der Waals surface area contributed by atoms with Gasteiger partial charge in [0.25, 0.3) is 5.91 Å². The number of carbonyl (C=O) groups excluding carboxylic acids is 1. The molecule has 2 aromatic carbocycles. The Morgan fingerprint density at radius 2 is 1.86 bits per heavy atom. The summed E-state index contributed by atoms with van der Waals surface area (Å²) < 4.78 is 11.3. The van der Waals surface area contributed by atoms with Gasteiger partial charge in [-0.15, -0.1) is 0 Å². The predicted molar refractivity (Wildman–Crippen MR) is 112 cm³/mol. The lowest BCUT2D eigenvalue weighted by atomic mass is 10.1.